The van der Waals surface area contributed by atoms with E-state index in [2.05, 4.69) is 0 Å². The van der Waals surface area contributed by atoms with Crippen LogP contribution >= 0.6 is 0 Å². The molecule has 8 radical (unpaired) electrons. The Morgan fingerprint density at radius 2 is 0.250 bits per heavy atom. The third kappa shape index (κ3) is 8.96. The van der Waals surface area contributed by atoms with Crippen LogP contribution in [0.25, 0.3) is 0 Å². The number of hydrogen-bond donors (Lipinski definition) is 0. The van der Waals surface area contributed by atoms with Gasteiger partial charge in [0.2, 0.25) is 0 Å². The number of hydrogen-bond acceptors (Lipinski definition) is 0. The van der Waals surface area contributed by atoms with Crippen LogP contribution in [-0.2, 0) is 0 Å². The summed E-state index contributed by atoms with van der Waals surface area (Å²) in [6.07, 6.45) is 0. The van der Waals surface area contributed by atoms with Crippen LogP contribution in [0, 0.1) is 0 Å². The van der Waals surface area contributed by atoms with Gasteiger partial charge in [0, 0.05) is 0 Å². The van der Waals surface area contributed by atoms with Gasteiger partial charge in [0.1, 0.15) is 0 Å². The Kier molecular flexibility index (Phi) is 111. The van der Waals surface area contributed by atoms with Crippen molar-refractivity contribution in [2.75, 3.05) is 0 Å². The van der Waals surface area contributed by atoms with Crippen LogP contribution in [0.1, 0.15) is 0 Å². The van der Waals surface area contributed by atoms with Gasteiger partial charge in [0.25, 0.3) is 0 Å². The predicted molar refractivity (Wildman–Crippen MR) is 34.2 cm³/mol. The molecule has 0 aliphatic carbocycles. The molecule has 0 saturated heterocycles. The molecular weight excluding hydrogens is 475 g/mol. The fourth-order valence-corrected chi connectivity index (χ4v) is 0. The zero-order valence-electron chi connectivity index (χ0n) is 2.83. The first-order valence-corrected chi connectivity index (χ1v) is 0. The monoisotopic (exact) mass is 488 g/mol. The zero-order valence-corrected chi connectivity index (χ0v) is 19.0. The SMILES string of the molecule is [SnH2].[SnH2].[SnH2].[SnH2]. The molecule has 0 bridgehead atoms. The predicted octanol–water partition coefficient (Wildman–Crippen LogP) is -3.66. The summed E-state index contributed by atoms with van der Waals surface area (Å²) in [4.78, 5) is 0. The summed E-state index contributed by atoms with van der Waals surface area (Å²) in [6.45, 7) is 0. The van der Waals surface area contributed by atoms with E-state index in [-0.39, 0.29) is 95.6 Å². The van der Waals surface area contributed by atoms with Crippen molar-refractivity contribution in [1.82, 2.24) is 0 Å². The molecule has 0 saturated carbocycles. The van der Waals surface area contributed by atoms with Crippen molar-refractivity contribution in [3.63, 3.8) is 0 Å². The summed E-state index contributed by atoms with van der Waals surface area (Å²) >= 11 is 0. The topological polar surface area (TPSA) is 0 Å². The normalized spacial score (nSPS) is 0. The molecule has 24 valence electrons. The molecule has 0 fully saturated rings. The van der Waals surface area contributed by atoms with E-state index >= 15 is 0 Å². The minimum atomic E-state index is 0. The molecule has 0 atom stereocenters. The maximum atomic E-state index is 0. The first kappa shape index (κ1) is 27.1. The van der Waals surface area contributed by atoms with E-state index in [1.54, 1.807) is 0 Å². The van der Waals surface area contributed by atoms with Crippen LogP contribution in [0.3, 0.4) is 0 Å². The van der Waals surface area contributed by atoms with Crippen molar-refractivity contribution in [2.45, 2.75) is 0 Å². The van der Waals surface area contributed by atoms with E-state index < -0.39 is 0 Å². The Morgan fingerprint density at radius 3 is 0.250 bits per heavy atom. The van der Waals surface area contributed by atoms with Crippen LogP contribution in [0.2, 0.25) is 0 Å². The van der Waals surface area contributed by atoms with Gasteiger partial charge in [-0.15, -0.1) is 0 Å². The molecule has 0 rings (SSSR count). The standard InChI is InChI=1S/4Sn.8H. The molecule has 0 aliphatic heterocycles. The Balaban J connectivity index is 0. The van der Waals surface area contributed by atoms with Gasteiger partial charge in [-0.2, -0.15) is 0 Å². The quantitative estimate of drug-likeness (QED) is 0.312. The van der Waals surface area contributed by atoms with Crippen LogP contribution < -0.4 is 0 Å². The fraction of sp³-hybridized carbons (Fsp3) is 0. The van der Waals surface area contributed by atoms with Crippen LogP contribution in [-0.4, -0.2) is 95.6 Å². The molecule has 0 aromatic rings. The summed E-state index contributed by atoms with van der Waals surface area (Å²) in [6, 6.07) is 0. The van der Waals surface area contributed by atoms with Gasteiger partial charge in [0.15, 0.2) is 0 Å². The molecule has 0 spiro atoms. The summed E-state index contributed by atoms with van der Waals surface area (Å²) in [5, 5.41) is 0. The van der Waals surface area contributed by atoms with E-state index in [0.29, 0.717) is 0 Å². The molecule has 0 aliphatic rings. The molecule has 4 heteroatoms. The van der Waals surface area contributed by atoms with Gasteiger partial charge < -0.3 is 0 Å². The van der Waals surface area contributed by atoms with Gasteiger partial charge >= 0.3 is 95.6 Å². The summed E-state index contributed by atoms with van der Waals surface area (Å²) in [7, 11) is 0. The van der Waals surface area contributed by atoms with E-state index in [0.717, 1.165) is 0 Å². The molecule has 0 nitrogen and oxygen atoms in total. The van der Waals surface area contributed by atoms with Crippen molar-refractivity contribution < 1.29 is 0 Å². The Morgan fingerprint density at radius 1 is 0.250 bits per heavy atom. The van der Waals surface area contributed by atoms with Gasteiger partial charge in [-0.1, -0.05) is 0 Å². The van der Waals surface area contributed by atoms with Crippen LogP contribution in [0.4, 0.5) is 0 Å². The maximum absolute atomic E-state index is 0. The van der Waals surface area contributed by atoms with Crippen molar-refractivity contribution in [1.29, 1.82) is 0 Å². The zero-order chi connectivity index (χ0) is 0. The molecule has 0 amide bonds. The average Bonchev–Trinajstić information content (AvgIpc) is 0. The van der Waals surface area contributed by atoms with E-state index in [1.807, 2.05) is 0 Å². The molecule has 0 aromatic heterocycles. The Hall–Kier alpha value is 3.19. The number of rotatable bonds is 0. The van der Waals surface area contributed by atoms with Gasteiger partial charge in [0.05, 0.1) is 0 Å². The van der Waals surface area contributed by atoms with Gasteiger partial charge in [-0.25, -0.2) is 0 Å². The molecule has 4 heavy (non-hydrogen) atoms. The molecule has 0 aromatic carbocycles. The van der Waals surface area contributed by atoms with Gasteiger partial charge in [-0.05, 0) is 0 Å². The Bertz CT molecular complexity index is 0. The van der Waals surface area contributed by atoms with Crippen LogP contribution in [0.5, 0.6) is 0 Å². The molecule has 0 N–H and O–H groups in total. The Labute approximate surface area is 93.7 Å². The average molecular weight is 483 g/mol. The van der Waals surface area contributed by atoms with E-state index in [4.69, 9.17) is 0 Å². The third-order valence-electron chi connectivity index (χ3n) is 0. The molecule has 0 heterocycles. The van der Waals surface area contributed by atoms with Crippen molar-refractivity contribution in [3.8, 4) is 0 Å². The van der Waals surface area contributed by atoms with Crippen LogP contribution in [0.15, 0.2) is 0 Å². The summed E-state index contributed by atoms with van der Waals surface area (Å²) in [5.41, 5.74) is 0. The van der Waals surface area contributed by atoms with E-state index in [1.165, 1.54) is 0 Å². The second kappa shape index (κ2) is 16.4. The van der Waals surface area contributed by atoms with Crippen molar-refractivity contribution >= 4 is 95.6 Å². The third-order valence-corrected chi connectivity index (χ3v) is 0. The first-order valence-electron chi connectivity index (χ1n) is 0. The molecular formula is H8Sn4. The molecule has 0 unspecified atom stereocenters. The minimum absolute atomic E-state index is 0. The van der Waals surface area contributed by atoms with Crippen molar-refractivity contribution in [3.05, 3.63) is 0 Å². The first-order chi connectivity index (χ1) is 0. The van der Waals surface area contributed by atoms with Gasteiger partial charge in [-0.3, -0.25) is 0 Å². The van der Waals surface area contributed by atoms with Crippen molar-refractivity contribution in [2.24, 2.45) is 0 Å². The second-order valence-electron chi connectivity index (χ2n) is 0. The summed E-state index contributed by atoms with van der Waals surface area (Å²) < 4.78 is 0. The second-order valence-corrected chi connectivity index (χ2v) is 0. The van der Waals surface area contributed by atoms with E-state index in [9.17, 15) is 0 Å². The summed E-state index contributed by atoms with van der Waals surface area (Å²) in [5.74, 6) is 0. The fourth-order valence-electron chi connectivity index (χ4n) is 0.